The molecule has 1 unspecified atom stereocenters. The minimum atomic E-state index is 0.540. The average Bonchev–Trinajstić information content (AvgIpc) is 2.63. The third-order valence-corrected chi connectivity index (χ3v) is 3.97. The third kappa shape index (κ3) is 2.79. The van der Waals surface area contributed by atoms with Gasteiger partial charge in [-0.05, 0) is 37.5 Å². The van der Waals surface area contributed by atoms with Crippen molar-refractivity contribution in [3.8, 4) is 6.07 Å². The molecule has 1 aromatic carbocycles. The Balaban J connectivity index is 2.38. The summed E-state index contributed by atoms with van der Waals surface area (Å²) in [5.41, 5.74) is 1.75. The predicted molar refractivity (Wildman–Crippen MR) is 76.1 cm³/mol. The number of rotatable bonds is 2. The maximum absolute atomic E-state index is 9.25. The lowest BCUT2D eigenvalue weighted by atomic mass is 10.1. The fourth-order valence-electron chi connectivity index (χ4n) is 2.76. The number of hydrogen-bond donors (Lipinski definition) is 0. The van der Waals surface area contributed by atoms with Gasteiger partial charge in [0.25, 0.3) is 0 Å². The Kier molecular flexibility index (Phi) is 4.49. The first-order chi connectivity index (χ1) is 8.76. The summed E-state index contributed by atoms with van der Waals surface area (Å²) in [5.74, 6) is 0. The second-order valence-corrected chi connectivity index (χ2v) is 5.31. The van der Waals surface area contributed by atoms with E-state index in [1.807, 2.05) is 12.1 Å². The normalized spacial score (nSPS) is 20.3. The summed E-state index contributed by atoms with van der Waals surface area (Å²) in [7, 11) is 0. The van der Waals surface area contributed by atoms with Gasteiger partial charge in [0.15, 0.2) is 0 Å². The van der Waals surface area contributed by atoms with Gasteiger partial charge in [0, 0.05) is 17.6 Å². The van der Waals surface area contributed by atoms with Gasteiger partial charge in [0.1, 0.15) is 6.07 Å². The van der Waals surface area contributed by atoms with E-state index in [4.69, 9.17) is 11.6 Å². The molecule has 1 fully saturated rings. The van der Waals surface area contributed by atoms with E-state index in [1.165, 1.54) is 25.7 Å². The monoisotopic (exact) mass is 262 g/mol. The topological polar surface area (TPSA) is 27.0 Å². The van der Waals surface area contributed by atoms with Gasteiger partial charge >= 0.3 is 0 Å². The Morgan fingerprint density at radius 1 is 1.39 bits per heavy atom. The molecule has 0 saturated carbocycles. The average molecular weight is 263 g/mol. The second kappa shape index (κ2) is 6.11. The summed E-state index contributed by atoms with van der Waals surface area (Å²) in [6, 6.07) is 8.39. The lowest BCUT2D eigenvalue weighted by Crippen LogP contribution is -2.34. The summed E-state index contributed by atoms with van der Waals surface area (Å²) in [6.07, 6.45) is 6.12. The first kappa shape index (κ1) is 13.2. The van der Waals surface area contributed by atoms with Crippen molar-refractivity contribution >= 4 is 17.3 Å². The van der Waals surface area contributed by atoms with Gasteiger partial charge in [-0.2, -0.15) is 5.26 Å². The lowest BCUT2D eigenvalue weighted by Gasteiger charge is -2.32. The van der Waals surface area contributed by atoms with E-state index < -0.39 is 0 Å². The molecule has 1 aliphatic heterocycles. The van der Waals surface area contributed by atoms with Gasteiger partial charge in [-0.15, -0.1) is 0 Å². The van der Waals surface area contributed by atoms with Crippen LogP contribution in [-0.4, -0.2) is 12.6 Å². The Morgan fingerprint density at radius 2 is 2.22 bits per heavy atom. The van der Waals surface area contributed by atoms with E-state index in [1.54, 1.807) is 6.07 Å². The van der Waals surface area contributed by atoms with E-state index in [-0.39, 0.29) is 0 Å². The van der Waals surface area contributed by atoms with Crippen molar-refractivity contribution in [1.29, 1.82) is 5.26 Å². The number of anilines is 1. The van der Waals surface area contributed by atoms with Gasteiger partial charge in [-0.3, -0.25) is 0 Å². The molecule has 96 valence electrons. The molecular formula is C15H19ClN2. The van der Waals surface area contributed by atoms with E-state index in [9.17, 15) is 5.26 Å². The number of benzene rings is 1. The molecule has 2 rings (SSSR count). The SMILES string of the molecule is CCC1CCCCCN1c1cc(Cl)ccc1C#N. The minimum Gasteiger partial charge on any atom is -0.367 e. The van der Waals surface area contributed by atoms with E-state index in [0.29, 0.717) is 11.1 Å². The van der Waals surface area contributed by atoms with Crippen molar-refractivity contribution in [2.75, 3.05) is 11.4 Å². The van der Waals surface area contributed by atoms with Crippen molar-refractivity contribution < 1.29 is 0 Å². The van der Waals surface area contributed by atoms with Crippen molar-refractivity contribution in [3.63, 3.8) is 0 Å². The quantitative estimate of drug-likeness (QED) is 0.791. The molecule has 1 atom stereocenters. The molecule has 0 bridgehead atoms. The Bertz CT molecular complexity index is 450. The van der Waals surface area contributed by atoms with Crippen LogP contribution in [0.25, 0.3) is 0 Å². The van der Waals surface area contributed by atoms with Crippen molar-refractivity contribution in [2.45, 2.75) is 45.1 Å². The maximum atomic E-state index is 9.25. The zero-order chi connectivity index (χ0) is 13.0. The fourth-order valence-corrected chi connectivity index (χ4v) is 2.92. The Hall–Kier alpha value is -1.20. The van der Waals surface area contributed by atoms with E-state index >= 15 is 0 Å². The maximum Gasteiger partial charge on any atom is 0.101 e. The highest BCUT2D eigenvalue weighted by Crippen LogP contribution is 2.30. The van der Waals surface area contributed by atoms with Crippen LogP contribution in [0.2, 0.25) is 5.02 Å². The molecule has 3 heteroatoms. The number of hydrogen-bond acceptors (Lipinski definition) is 2. The van der Waals surface area contributed by atoms with Gasteiger partial charge in [0.05, 0.1) is 11.3 Å². The number of halogens is 1. The predicted octanol–water partition coefficient (Wildman–Crippen LogP) is 4.37. The fraction of sp³-hybridized carbons (Fsp3) is 0.533. The zero-order valence-corrected chi connectivity index (χ0v) is 11.6. The van der Waals surface area contributed by atoms with Gasteiger partial charge in [-0.1, -0.05) is 31.4 Å². The molecule has 2 nitrogen and oxygen atoms in total. The molecule has 0 aliphatic carbocycles. The standard InChI is InChI=1S/C15H19ClN2/c1-2-14-6-4-3-5-9-18(14)15-10-13(16)8-7-12(15)11-17/h7-8,10,14H,2-6,9H2,1H3. The van der Waals surface area contributed by atoms with E-state index in [2.05, 4.69) is 17.9 Å². The van der Waals surface area contributed by atoms with Crippen LogP contribution in [0.3, 0.4) is 0 Å². The number of nitrogens with zero attached hydrogens (tertiary/aromatic N) is 2. The van der Waals surface area contributed by atoms with Crippen molar-refractivity contribution in [1.82, 2.24) is 0 Å². The molecular weight excluding hydrogens is 244 g/mol. The van der Waals surface area contributed by atoms with Crippen LogP contribution in [0.1, 0.15) is 44.6 Å². The highest BCUT2D eigenvalue weighted by Gasteiger charge is 2.22. The molecule has 0 aromatic heterocycles. The molecule has 0 amide bonds. The van der Waals surface area contributed by atoms with Gasteiger partial charge in [-0.25, -0.2) is 0 Å². The summed E-state index contributed by atoms with van der Waals surface area (Å²) in [6.45, 7) is 3.26. The van der Waals surface area contributed by atoms with Crippen LogP contribution in [0, 0.1) is 11.3 Å². The summed E-state index contributed by atoms with van der Waals surface area (Å²) >= 11 is 6.09. The van der Waals surface area contributed by atoms with Crippen LogP contribution in [0.5, 0.6) is 0 Å². The van der Waals surface area contributed by atoms with Crippen LogP contribution in [0.15, 0.2) is 18.2 Å². The first-order valence-electron chi connectivity index (χ1n) is 6.72. The molecule has 0 spiro atoms. The summed E-state index contributed by atoms with van der Waals surface area (Å²) in [5, 5.41) is 9.96. The highest BCUT2D eigenvalue weighted by molar-refractivity contribution is 6.30. The minimum absolute atomic E-state index is 0.540. The van der Waals surface area contributed by atoms with E-state index in [0.717, 1.165) is 24.2 Å². The smallest absolute Gasteiger partial charge is 0.101 e. The van der Waals surface area contributed by atoms with Crippen LogP contribution in [-0.2, 0) is 0 Å². The Morgan fingerprint density at radius 3 is 2.94 bits per heavy atom. The third-order valence-electron chi connectivity index (χ3n) is 3.74. The molecule has 1 heterocycles. The summed E-state index contributed by atoms with van der Waals surface area (Å²) < 4.78 is 0. The molecule has 0 N–H and O–H groups in total. The Labute approximate surface area is 114 Å². The van der Waals surface area contributed by atoms with Crippen molar-refractivity contribution in [2.24, 2.45) is 0 Å². The lowest BCUT2D eigenvalue weighted by molar-refractivity contribution is 0.556. The molecule has 1 saturated heterocycles. The molecule has 1 aromatic rings. The van der Waals surface area contributed by atoms with Crippen LogP contribution in [0.4, 0.5) is 5.69 Å². The van der Waals surface area contributed by atoms with Gasteiger partial charge < -0.3 is 4.90 Å². The largest absolute Gasteiger partial charge is 0.367 e. The molecule has 1 aliphatic rings. The highest BCUT2D eigenvalue weighted by atomic mass is 35.5. The summed E-state index contributed by atoms with van der Waals surface area (Å²) in [4.78, 5) is 2.39. The first-order valence-corrected chi connectivity index (χ1v) is 7.10. The second-order valence-electron chi connectivity index (χ2n) is 4.88. The zero-order valence-electron chi connectivity index (χ0n) is 10.8. The molecule has 0 radical (unpaired) electrons. The molecule has 18 heavy (non-hydrogen) atoms. The number of nitriles is 1. The van der Waals surface area contributed by atoms with Gasteiger partial charge in [0.2, 0.25) is 0 Å². The van der Waals surface area contributed by atoms with Crippen LogP contribution >= 0.6 is 11.6 Å². The van der Waals surface area contributed by atoms with Crippen LogP contribution < -0.4 is 4.90 Å². The van der Waals surface area contributed by atoms with Crippen molar-refractivity contribution in [3.05, 3.63) is 28.8 Å².